The van der Waals surface area contributed by atoms with E-state index >= 15 is 0 Å². The van der Waals surface area contributed by atoms with Gasteiger partial charge in [0, 0.05) is 36.7 Å². The number of aromatic nitrogens is 2. The SMILES string of the molecule is Cc1cc(N2CCn3ccnc3C2)ccc1C(N)=S. The van der Waals surface area contributed by atoms with Crippen molar-refractivity contribution in [1.29, 1.82) is 0 Å². The third-order valence-corrected chi connectivity index (χ3v) is 3.81. The Morgan fingerprint density at radius 3 is 2.95 bits per heavy atom. The lowest BCUT2D eigenvalue weighted by atomic mass is 10.1. The summed E-state index contributed by atoms with van der Waals surface area (Å²) in [5.74, 6) is 1.11. The summed E-state index contributed by atoms with van der Waals surface area (Å²) in [5, 5.41) is 0. The lowest BCUT2D eigenvalue weighted by Crippen LogP contribution is -2.33. The number of fused-ring (bicyclic) bond motifs is 1. The van der Waals surface area contributed by atoms with Crippen molar-refractivity contribution in [3.63, 3.8) is 0 Å². The van der Waals surface area contributed by atoms with Crippen molar-refractivity contribution in [3.8, 4) is 0 Å². The fourth-order valence-electron chi connectivity index (χ4n) is 2.51. The molecule has 1 aromatic heterocycles. The molecule has 98 valence electrons. The number of nitrogens with two attached hydrogens (primary N) is 1. The Bertz CT molecular complexity index is 632. The van der Waals surface area contributed by atoms with Gasteiger partial charge in [-0.15, -0.1) is 0 Å². The molecule has 4 nitrogen and oxygen atoms in total. The first-order chi connectivity index (χ1) is 9.15. The molecule has 0 atom stereocenters. The van der Waals surface area contributed by atoms with Crippen molar-refractivity contribution in [2.45, 2.75) is 20.0 Å². The minimum absolute atomic E-state index is 0.457. The van der Waals surface area contributed by atoms with Crippen LogP contribution in [-0.2, 0) is 13.1 Å². The fourth-order valence-corrected chi connectivity index (χ4v) is 2.74. The van der Waals surface area contributed by atoms with Gasteiger partial charge in [-0.3, -0.25) is 0 Å². The molecule has 0 spiro atoms. The summed E-state index contributed by atoms with van der Waals surface area (Å²) < 4.78 is 2.20. The first-order valence-corrected chi connectivity index (χ1v) is 6.71. The molecule has 2 heterocycles. The van der Waals surface area contributed by atoms with Crippen LogP contribution in [-0.4, -0.2) is 21.1 Å². The van der Waals surface area contributed by atoms with E-state index in [9.17, 15) is 0 Å². The molecule has 0 fully saturated rings. The molecule has 0 radical (unpaired) electrons. The van der Waals surface area contributed by atoms with Crippen molar-refractivity contribution in [2.24, 2.45) is 5.73 Å². The average molecular weight is 272 g/mol. The summed E-state index contributed by atoms with van der Waals surface area (Å²) in [4.78, 5) is 7.17. The zero-order valence-electron chi connectivity index (χ0n) is 10.8. The number of benzene rings is 1. The second kappa shape index (κ2) is 4.66. The molecule has 0 saturated carbocycles. The molecule has 0 unspecified atom stereocenters. The maximum absolute atomic E-state index is 5.70. The second-order valence-corrected chi connectivity index (χ2v) is 5.26. The van der Waals surface area contributed by atoms with Crippen LogP contribution in [0.15, 0.2) is 30.6 Å². The smallest absolute Gasteiger partial charge is 0.128 e. The molecule has 0 amide bonds. The van der Waals surface area contributed by atoms with Crippen LogP contribution in [0, 0.1) is 6.92 Å². The van der Waals surface area contributed by atoms with Crippen molar-refractivity contribution in [2.75, 3.05) is 11.4 Å². The van der Waals surface area contributed by atoms with Gasteiger partial charge in [0.05, 0.1) is 6.54 Å². The molecule has 1 aliphatic rings. The molecule has 19 heavy (non-hydrogen) atoms. The summed E-state index contributed by atoms with van der Waals surface area (Å²) in [6.07, 6.45) is 3.90. The number of aryl methyl sites for hydroxylation is 1. The van der Waals surface area contributed by atoms with Gasteiger partial charge in [0.25, 0.3) is 0 Å². The number of rotatable bonds is 2. The molecule has 2 aromatic rings. The number of imidazole rings is 1. The van der Waals surface area contributed by atoms with Crippen LogP contribution in [0.5, 0.6) is 0 Å². The van der Waals surface area contributed by atoms with E-state index in [0.29, 0.717) is 4.99 Å². The number of hydrogen-bond acceptors (Lipinski definition) is 3. The van der Waals surface area contributed by atoms with Gasteiger partial charge in [-0.2, -0.15) is 0 Å². The Labute approximate surface area is 117 Å². The number of anilines is 1. The Morgan fingerprint density at radius 1 is 1.37 bits per heavy atom. The monoisotopic (exact) mass is 272 g/mol. The lowest BCUT2D eigenvalue weighted by molar-refractivity contribution is 0.560. The summed E-state index contributed by atoms with van der Waals surface area (Å²) in [6.45, 7) is 4.86. The highest BCUT2D eigenvalue weighted by Crippen LogP contribution is 2.23. The van der Waals surface area contributed by atoms with E-state index in [-0.39, 0.29) is 0 Å². The molecule has 5 heteroatoms. The minimum atomic E-state index is 0.457. The maximum atomic E-state index is 5.70. The number of hydrogen-bond donors (Lipinski definition) is 1. The predicted octanol–water partition coefficient (Wildman–Crippen LogP) is 1.85. The zero-order chi connectivity index (χ0) is 13.4. The molecule has 0 saturated heterocycles. The molecule has 0 bridgehead atoms. The van der Waals surface area contributed by atoms with E-state index < -0.39 is 0 Å². The summed E-state index contributed by atoms with van der Waals surface area (Å²) in [5.41, 5.74) is 8.98. The topological polar surface area (TPSA) is 47.1 Å². The lowest BCUT2D eigenvalue weighted by Gasteiger charge is -2.30. The largest absolute Gasteiger partial charge is 0.389 e. The van der Waals surface area contributed by atoms with E-state index in [2.05, 4.69) is 26.6 Å². The van der Waals surface area contributed by atoms with Crippen LogP contribution in [0.3, 0.4) is 0 Å². The molecule has 3 rings (SSSR count). The van der Waals surface area contributed by atoms with Gasteiger partial charge < -0.3 is 15.2 Å². The molecule has 1 aromatic carbocycles. The maximum Gasteiger partial charge on any atom is 0.128 e. The van der Waals surface area contributed by atoms with E-state index in [4.69, 9.17) is 18.0 Å². The molecule has 1 aliphatic heterocycles. The quantitative estimate of drug-likeness (QED) is 0.848. The Hall–Kier alpha value is -1.88. The molecular formula is C14H16N4S. The van der Waals surface area contributed by atoms with Crippen molar-refractivity contribution in [1.82, 2.24) is 9.55 Å². The van der Waals surface area contributed by atoms with E-state index in [0.717, 1.165) is 36.6 Å². The molecular weight excluding hydrogens is 256 g/mol. The molecule has 0 aliphatic carbocycles. The average Bonchev–Trinajstić information content (AvgIpc) is 2.85. The predicted molar refractivity (Wildman–Crippen MR) is 80.3 cm³/mol. The third kappa shape index (κ3) is 2.21. The van der Waals surface area contributed by atoms with Gasteiger partial charge in [0.1, 0.15) is 10.8 Å². The highest BCUT2D eigenvalue weighted by Gasteiger charge is 2.17. The fraction of sp³-hybridized carbons (Fsp3) is 0.286. The van der Waals surface area contributed by atoms with Crippen LogP contribution in [0.25, 0.3) is 0 Å². The Balaban J connectivity index is 1.88. The van der Waals surface area contributed by atoms with Gasteiger partial charge in [-0.1, -0.05) is 12.2 Å². The van der Waals surface area contributed by atoms with Gasteiger partial charge in [-0.25, -0.2) is 4.98 Å². The van der Waals surface area contributed by atoms with E-state index in [1.54, 1.807) is 0 Å². The van der Waals surface area contributed by atoms with Gasteiger partial charge in [-0.05, 0) is 30.7 Å². The van der Waals surface area contributed by atoms with Crippen molar-refractivity contribution >= 4 is 22.9 Å². The van der Waals surface area contributed by atoms with Gasteiger partial charge in [0.2, 0.25) is 0 Å². The Kier molecular flexibility index (Phi) is 2.98. The van der Waals surface area contributed by atoms with Gasteiger partial charge in [0.15, 0.2) is 0 Å². The van der Waals surface area contributed by atoms with Crippen LogP contribution in [0.4, 0.5) is 5.69 Å². The minimum Gasteiger partial charge on any atom is -0.389 e. The first-order valence-electron chi connectivity index (χ1n) is 6.30. The van der Waals surface area contributed by atoms with Gasteiger partial charge >= 0.3 is 0 Å². The van der Waals surface area contributed by atoms with Crippen molar-refractivity contribution in [3.05, 3.63) is 47.5 Å². The number of thiocarbonyl (C=S) groups is 1. The standard InChI is InChI=1S/C14H16N4S/c1-10-8-11(2-3-12(10)14(15)19)18-7-6-17-5-4-16-13(17)9-18/h2-5,8H,6-7,9H2,1H3,(H2,15,19). The normalized spacial score (nSPS) is 14.3. The van der Waals surface area contributed by atoms with E-state index in [1.165, 1.54) is 5.69 Å². The summed E-state index contributed by atoms with van der Waals surface area (Å²) in [6, 6.07) is 6.24. The van der Waals surface area contributed by atoms with Crippen LogP contribution in [0.2, 0.25) is 0 Å². The second-order valence-electron chi connectivity index (χ2n) is 4.82. The first kappa shape index (κ1) is 12.2. The zero-order valence-corrected chi connectivity index (χ0v) is 11.7. The third-order valence-electron chi connectivity index (χ3n) is 3.59. The van der Waals surface area contributed by atoms with E-state index in [1.807, 2.05) is 25.4 Å². The number of nitrogens with zero attached hydrogens (tertiary/aromatic N) is 3. The van der Waals surface area contributed by atoms with Crippen LogP contribution < -0.4 is 10.6 Å². The van der Waals surface area contributed by atoms with Crippen LogP contribution in [0.1, 0.15) is 17.0 Å². The highest BCUT2D eigenvalue weighted by atomic mass is 32.1. The molecule has 2 N–H and O–H groups in total. The van der Waals surface area contributed by atoms with Crippen molar-refractivity contribution < 1.29 is 0 Å². The Morgan fingerprint density at radius 2 is 2.21 bits per heavy atom. The highest BCUT2D eigenvalue weighted by molar-refractivity contribution is 7.80. The summed E-state index contributed by atoms with van der Waals surface area (Å²) >= 11 is 5.04. The summed E-state index contributed by atoms with van der Waals surface area (Å²) in [7, 11) is 0. The van der Waals surface area contributed by atoms with Crippen LogP contribution >= 0.6 is 12.2 Å².